The number of esters is 2. The van der Waals surface area contributed by atoms with E-state index in [2.05, 4.69) is 50.3 Å². The molecule has 0 fully saturated rings. The first-order valence-electron chi connectivity index (χ1n) is 18.0. The number of aliphatic hydroxyl groups excluding tert-OH is 1. The van der Waals surface area contributed by atoms with Crippen molar-refractivity contribution in [2.75, 3.05) is 13.2 Å². The van der Waals surface area contributed by atoms with E-state index in [4.69, 9.17) is 9.47 Å². The van der Waals surface area contributed by atoms with Crippen LogP contribution < -0.4 is 0 Å². The molecule has 0 heterocycles. The van der Waals surface area contributed by atoms with Crippen LogP contribution in [0.15, 0.2) is 36.5 Å². The van der Waals surface area contributed by atoms with Gasteiger partial charge in [-0.2, -0.15) is 0 Å². The summed E-state index contributed by atoms with van der Waals surface area (Å²) in [7, 11) is 0. The van der Waals surface area contributed by atoms with E-state index in [9.17, 15) is 14.7 Å². The molecule has 0 rings (SSSR count). The molecule has 1 N–H and O–H groups in total. The van der Waals surface area contributed by atoms with Gasteiger partial charge in [0.05, 0.1) is 6.61 Å². The first-order chi connectivity index (χ1) is 21.1. The molecular weight excluding hydrogens is 536 g/mol. The van der Waals surface area contributed by atoms with E-state index in [1.54, 1.807) is 0 Å². The van der Waals surface area contributed by atoms with Crippen LogP contribution in [0.25, 0.3) is 0 Å². The van der Waals surface area contributed by atoms with Crippen LogP contribution in [0.5, 0.6) is 0 Å². The lowest BCUT2D eigenvalue weighted by atomic mass is 10.0. The van der Waals surface area contributed by atoms with Gasteiger partial charge in [-0.15, -0.1) is 0 Å². The second-order valence-corrected chi connectivity index (χ2v) is 11.9. The van der Waals surface area contributed by atoms with Crippen LogP contribution in [0, 0.1) is 0 Å². The van der Waals surface area contributed by atoms with Gasteiger partial charge in [0.1, 0.15) is 6.61 Å². The van der Waals surface area contributed by atoms with Crippen molar-refractivity contribution < 1.29 is 24.2 Å². The number of unbranched alkanes of at least 4 members (excludes halogenated alkanes) is 18. The van der Waals surface area contributed by atoms with E-state index in [1.165, 1.54) is 83.5 Å². The minimum Gasteiger partial charge on any atom is -0.462 e. The minimum absolute atomic E-state index is 0.0753. The third-order valence-electron chi connectivity index (χ3n) is 7.70. The van der Waals surface area contributed by atoms with Crippen molar-refractivity contribution >= 4 is 11.9 Å². The van der Waals surface area contributed by atoms with Crippen molar-refractivity contribution in [1.82, 2.24) is 0 Å². The summed E-state index contributed by atoms with van der Waals surface area (Å²) in [6, 6.07) is 0. The standard InChI is InChI=1S/C38H68O5/c1-3-5-7-9-11-13-15-17-18-19-21-22-24-26-28-30-32-37(40)42-35-36(34-39)43-38(41)33-31-29-27-25-23-20-16-14-12-10-8-6-4-2/h6,8,12,14,20,23,36,39H,3-5,7,9-11,13,15-19,21-22,24-35H2,1-2H3/b8-6-,14-12-,23-20-. The molecule has 0 amide bonds. The van der Waals surface area contributed by atoms with Crippen LogP contribution in [0.1, 0.15) is 174 Å². The molecule has 0 saturated heterocycles. The average Bonchev–Trinajstić information content (AvgIpc) is 3.01. The number of allylic oxidation sites excluding steroid dienone is 6. The molecule has 43 heavy (non-hydrogen) atoms. The maximum absolute atomic E-state index is 12.1. The van der Waals surface area contributed by atoms with E-state index in [1.807, 2.05) is 0 Å². The first-order valence-corrected chi connectivity index (χ1v) is 18.0. The molecule has 5 nitrogen and oxygen atoms in total. The van der Waals surface area contributed by atoms with Gasteiger partial charge in [-0.05, 0) is 44.9 Å². The smallest absolute Gasteiger partial charge is 0.306 e. The van der Waals surface area contributed by atoms with E-state index in [-0.39, 0.29) is 25.2 Å². The van der Waals surface area contributed by atoms with Crippen LogP contribution >= 0.6 is 0 Å². The predicted octanol–water partition coefficient (Wildman–Crippen LogP) is 10.9. The summed E-state index contributed by atoms with van der Waals surface area (Å²) >= 11 is 0. The van der Waals surface area contributed by atoms with Crippen molar-refractivity contribution in [2.24, 2.45) is 0 Å². The third kappa shape index (κ3) is 32.9. The van der Waals surface area contributed by atoms with Crippen LogP contribution in [-0.2, 0) is 19.1 Å². The molecule has 0 bridgehead atoms. The van der Waals surface area contributed by atoms with E-state index >= 15 is 0 Å². The van der Waals surface area contributed by atoms with Crippen molar-refractivity contribution in [1.29, 1.82) is 0 Å². The summed E-state index contributed by atoms with van der Waals surface area (Å²) in [5, 5.41) is 9.51. The fourth-order valence-electron chi connectivity index (χ4n) is 4.98. The Labute approximate surface area is 266 Å². The maximum Gasteiger partial charge on any atom is 0.306 e. The molecule has 0 aromatic carbocycles. The van der Waals surface area contributed by atoms with Gasteiger partial charge in [0.2, 0.25) is 0 Å². The van der Waals surface area contributed by atoms with Gasteiger partial charge in [-0.3, -0.25) is 9.59 Å². The summed E-state index contributed by atoms with van der Waals surface area (Å²) in [5.74, 6) is -0.623. The summed E-state index contributed by atoms with van der Waals surface area (Å²) in [5.41, 5.74) is 0. The van der Waals surface area contributed by atoms with Crippen molar-refractivity contribution in [3.63, 3.8) is 0 Å². The highest BCUT2D eigenvalue weighted by Crippen LogP contribution is 2.14. The lowest BCUT2D eigenvalue weighted by Gasteiger charge is -2.15. The third-order valence-corrected chi connectivity index (χ3v) is 7.70. The monoisotopic (exact) mass is 605 g/mol. The molecule has 0 saturated carbocycles. The molecule has 0 aliphatic carbocycles. The number of carbonyl (C=O) groups is 2. The largest absolute Gasteiger partial charge is 0.462 e. The number of hydrogen-bond donors (Lipinski definition) is 1. The van der Waals surface area contributed by atoms with Crippen molar-refractivity contribution in [3.8, 4) is 0 Å². The normalized spacial score (nSPS) is 12.5. The van der Waals surface area contributed by atoms with Crippen LogP contribution in [0.2, 0.25) is 0 Å². The zero-order valence-corrected chi connectivity index (χ0v) is 28.2. The summed E-state index contributed by atoms with van der Waals surface area (Å²) in [4.78, 5) is 24.1. The SMILES string of the molecule is CC/C=C\C/C=C\C/C=C\CCCCCC(=O)OC(CO)COC(=O)CCCCCCCCCCCCCCCCCC. The Kier molecular flexibility index (Phi) is 33.1. The summed E-state index contributed by atoms with van der Waals surface area (Å²) in [6.07, 6.45) is 40.6. The van der Waals surface area contributed by atoms with Gasteiger partial charge in [0.15, 0.2) is 6.10 Å². The molecule has 0 aromatic heterocycles. The van der Waals surface area contributed by atoms with Crippen molar-refractivity contribution in [2.45, 2.75) is 180 Å². The van der Waals surface area contributed by atoms with E-state index in [0.29, 0.717) is 12.8 Å². The fraction of sp³-hybridized carbons (Fsp3) is 0.789. The first kappa shape index (κ1) is 41.1. The Hall–Kier alpha value is -1.88. The van der Waals surface area contributed by atoms with Crippen LogP contribution in [0.4, 0.5) is 0 Å². The minimum atomic E-state index is -0.782. The van der Waals surface area contributed by atoms with Crippen molar-refractivity contribution in [3.05, 3.63) is 36.5 Å². The highest BCUT2D eigenvalue weighted by molar-refractivity contribution is 5.70. The zero-order chi connectivity index (χ0) is 31.5. The summed E-state index contributed by atoms with van der Waals surface area (Å²) < 4.78 is 10.6. The molecule has 0 spiro atoms. The molecule has 0 radical (unpaired) electrons. The number of rotatable bonds is 32. The fourth-order valence-corrected chi connectivity index (χ4v) is 4.98. The van der Waals surface area contributed by atoms with Gasteiger partial charge in [0, 0.05) is 12.8 Å². The molecule has 0 aliphatic heterocycles. The quantitative estimate of drug-likeness (QED) is 0.0470. The van der Waals surface area contributed by atoms with Gasteiger partial charge in [-0.25, -0.2) is 0 Å². The molecule has 0 aromatic rings. The summed E-state index contributed by atoms with van der Waals surface area (Å²) in [6.45, 7) is 3.99. The molecule has 5 heteroatoms. The van der Waals surface area contributed by atoms with Gasteiger partial charge >= 0.3 is 11.9 Å². The predicted molar refractivity (Wildman–Crippen MR) is 182 cm³/mol. The Morgan fingerprint density at radius 1 is 0.558 bits per heavy atom. The molecular formula is C38H68O5. The molecule has 1 unspecified atom stereocenters. The number of carbonyl (C=O) groups excluding carboxylic acids is 2. The topological polar surface area (TPSA) is 72.8 Å². The van der Waals surface area contributed by atoms with E-state index in [0.717, 1.165) is 64.2 Å². The Bertz CT molecular complexity index is 696. The second-order valence-electron chi connectivity index (χ2n) is 11.9. The zero-order valence-electron chi connectivity index (χ0n) is 28.2. The van der Waals surface area contributed by atoms with Gasteiger partial charge in [0.25, 0.3) is 0 Å². The molecule has 250 valence electrons. The van der Waals surface area contributed by atoms with E-state index < -0.39 is 6.10 Å². The Morgan fingerprint density at radius 3 is 1.51 bits per heavy atom. The van der Waals surface area contributed by atoms with Crippen LogP contribution in [0.3, 0.4) is 0 Å². The molecule has 0 aliphatic rings. The Morgan fingerprint density at radius 2 is 1.00 bits per heavy atom. The maximum atomic E-state index is 12.1. The molecule has 1 atom stereocenters. The lowest BCUT2D eigenvalue weighted by Crippen LogP contribution is -2.28. The highest BCUT2D eigenvalue weighted by Gasteiger charge is 2.16. The number of hydrogen-bond acceptors (Lipinski definition) is 5. The van der Waals surface area contributed by atoms with Gasteiger partial charge in [-0.1, -0.05) is 153 Å². The average molecular weight is 605 g/mol. The Balaban J connectivity index is 3.58. The highest BCUT2D eigenvalue weighted by atomic mass is 16.6. The number of aliphatic hydroxyl groups is 1. The van der Waals surface area contributed by atoms with Crippen LogP contribution in [-0.4, -0.2) is 36.4 Å². The lowest BCUT2D eigenvalue weighted by molar-refractivity contribution is -0.161. The number of ether oxygens (including phenoxy) is 2. The van der Waals surface area contributed by atoms with Gasteiger partial charge < -0.3 is 14.6 Å². The second kappa shape index (κ2) is 34.6.